The third-order valence-corrected chi connectivity index (χ3v) is 8.48. The highest BCUT2D eigenvalue weighted by Crippen LogP contribution is 2.61. The molecule has 164 valence electrons. The quantitative estimate of drug-likeness (QED) is 0.602. The van der Waals surface area contributed by atoms with Crippen LogP contribution in [-0.2, 0) is 19.9 Å². The third kappa shape index (κ3) is 2.29. The van der Waals surface area contributed by atoms with Crippen molar-refractivity contribution in [1.82, 2.24) is 4.90 Å². The van der Waals surface area contributed by atoms with Gasteiger partial charge in [0.1, 0.15) is 5.54 Å². The number of carbonyl (C=O) groups is 3. The number of rotatable bonds is 1. The van der Waals surface area contributed by atoms with E-state index >= 15 is 0 Å². The Kier molecular flexibility index (Phi) is 4.29. The van der Waals surface area contributed by atoms with Gasteiger partial charge in [0.15, 0.2) is 0 Å². The molecular weight excluding hydrogens is 473 g/mol. The van der Waals surface area contributed by atoms with Crippen molar-refractivity contribution in [3.05, 3.63) is 56.5 Å². The number of amides is 3. The zero-order valence-corrected chi connectivity index (χ0v) is 19.3. The van der Waals surface area contributed by atoms with Crippen molar-refractivity contribution < 1.29 is 14.4 Å². The number of imide groups is 1. The van der Waals surface area contributed by atoms with Gasteiger partial charge in [-0.1, -0.05) is 46.9 Å². The first-order chi connectivity index (χ1) is 15.3. The summed E-state index contributed by atoms with van der Waals surface area (Å²) in [6, 6.07) is 8.34. The SMILES string of the molecule is Cc1cc(Cl)c2c(c1)C1(C(=O)N2)C2C(=O)N(c3cccc(Cl)c3Cl)C(=O)C2C2CCCN21. The second-order valence-corrected chi connectivity index (χ2v) is 10.1. The molecule has 4 unspecified atom stereocenters. The van der Waals surface area contributed by atoms with Crippen LogP contribution in [0, 0.1) is 18.8 Å². The van der Waals surface area contributed by atoms with Gasteiger partial charge in [0.2, 0.25) is 11.8 Å². The predicted molar refractivity (Wildman–Crippen MR) is 122 cm³/mol. The van der Waals surface area contributed by atoms with E-state index < -0.39 is 23.3 Å². The summed E-state index contributed by atoms with van der Waals surface area (Å²) >= 11 is 19.1. The molecule has 9 heteroatoms. The molecule has 2 aromatic rings. The van der Waals surface area contributed by atoms with Crippen molar-refractivity contribution in [2.75, 3.05) is 16.8 Å². The molecule has 4 atom stereocenters. The summed E-state index contributed by atoms with van der Waals surface area (Å²) in [4.78, 5) is 44.5. The number of anilines is 2. The minimum absolute atomic E-state index is 0.142. The molecule has 0 saturated carbocycles. The fraction of sp³-hybridized carbons (Fsp3) is 0.348. The summed E-state index contributed by atoms with van der Waals surface area (Å²) in [5, 5.41) is 3.74. The lowest BCUT2D eigenvalue weighted by molar-refractivity contribution is -0.135. The Balaban J connectivity index is 1.59. The Hall–Kier alpha value is -2.12. The summed E-state index contributed by atoms with van der Waals surface area (Å²) in [6.45, 7) is 2.53. The van der Waals surface area contributed by atoms with E-state index in [0.717, 1.165) is 23.3 Å². The molecule has 3 fully saturated rings. The summed E-state index contributed by atoms with van der Waals surface area (Å²) < 4.78 is 0. The predicted octanol–water partition coefficient (Wildman–Crippen LogP) is 4.39. The minimum Gasteiger partial charge on any atom is -0.323 e. The molecule has 4 aliphatic rings. The number of nitrogens with one attached hydrogen (secondary N) is 1. The van der Waals surface area contributed by atoms with Gasteiger partial charge in [-0.25, -0.2) is 4.90 Å². The summed E-state index contributed by atoms with van der Waals surface area (Å²) in [5.41, 5.74) is 1.06. The van der Waals surface area contributed by atoms with Crippen molar-refractivity contribution in [2.45, 2.75) is 31.3 Å². The molecule has 4 aliphatic heterocycles. The van der Waals surface area contributed by atoms with Crippen molar-refractivity contribution in [3.63, 3.8) is 0 Å². The Morgan fingerprint density at radius 3 is 2.62 bits per heavy atom. The van der Waals surface area contributed by atoms with Crippen molar-refractivity contribution >= 4 is 63.9 Å². The van der Waals surface area contributed by atoms with Crippen LogP contribution in [0.1, 0.15) is 24.0 Å². The highest BCUT2D eigenvalue weighted by molar-refractivity contribution is 6.45. The first-order valence-electron chi connectivity index (χ1n) is 10.5. The highest BCUT2D eigenvalue weighted by Gasteiger charge is 2.74. The smallest absolute Gasteiger partial charge is 0.250 e. The Morgan fingerprint density at radius 2 is 1.84 bits per heavy atom. The molecule has 6 rings (SSSR count). The Bertz CT molecular complexity index is 1250. The maximum absolute atomic E-state index is 13.9. The van der Waals surface area contributed by atoms with Gasteiger partial charge in [-0.2, -0.15) is 0 Å². The van der Waals surface area contributed by atoms with Crippen LogP contribution >= 0.6 is 34.8 Å². The van der Waals surface area contributed by atoms with Gasteiger partial charge < -0.3 is 5.32 Å². The fourth-order valence-electron chi connectivity index (χ4n) is 6.30. The molecule has 32 heavy (non-hydrogen) atoms. The van der Waals surface area contributed by atoms with Crippen molar-refractivity contribution in [3.8, 4) is 0 Å². The number of halogens is 3. The number of fused-ring (bicyclic) bond motifs is 7. The van der Waals surface area contributed by atoms with E-state index in [1.54, 1.807) is 24.3 Å². The molecule has 0 aromatic heterocycles. The number of aryl methyl sites for hydroxylation is 1. The maximum atomic E-state index is 13.9. The van der Waals surface area contributed by atoms with Gasteiger partial charge in [0.05, 0.1) is 38.3 Å². The molecule has 0 aliphatic carbocycles. The second kappa shape index (κ2) is 6.70. The molecule has 2 aromatic carbocycles. The zero-order valence-electron chi connectivity index (χ0n) is 17.0. The van der Waals surface area contributed by atoms with Gasteiger partial charge in [0.25, 0.3) is 5.91 Å². The van der Waals surface area contributed by atoms with Gasteiger partial charge in [-0.05, 0) is 50.1 Å². The highest BCUT2D eigenvalue weighted by atomic mass is 35.5. The molecule has 6 nitrogen and oxygen atoms in total. The van der Waals surface area contributed by atoms with Gasteiger partial charge in [-0.3, -0.25) is 19.3 Å². The van der Waals surface area contributed by atoms with E-state index in [9.17, 15) is 14.4 Å². The van der Waals surface area contributed by atoms with Crippen molar-refractivity contribution in [2.24, 2.45) is 11.8 Å². The van der Waals surface area contributed by atoms with E-state index in [-0.39, 0.29) is 33.6 Å². The van der Waals surface area contributed by atoms with Crippen LogP contribution in [0.5, 0.6) is 0 Å². The fourth-order valence-corrected chi connectivity index (χ4v) is 7.00. The number of nitrogens with zero attached hydrogens (tertiary/aromatic N) is 2. The number of hydrogen-bond donors (Lipinski definition) is 1. The van der Waals surface area contributed by atoms with Crippen LogP contribution in [0.4, 0.5) is 11.4 Å². The van der Waals surface area contributed by atoms with Gasteiger partial charge in [0, 0.05) is 11.6 Å². The Labute approximate surface area is 199 Å². The number of benzene rings is 2. The lowest BCUT2D eigenvalue weighted by Gasteiger charge is -2.36. The summed E-state index contributed by atoms with van der Waals surface area (Å²) in [5.74, 6) is -2.58. The summed E-state index contributed by atoms with van der Waals surface area (Å²) in [6.07, 6.45) is 1.58. The normalized spacial score (nSPS) is 30.8. The standard InChI is InChI=1S/C23H18Cl3N3O3/c1-10-8-11-19(13(25)9-10)27-22(32)23(11)17-16(14-6-3-7-28(14)23)20(30)29(21(17)31)15-5-2-4-12(24)18(15)26/h2,4-5,8-9,14,16-17H,3,6-7H2,1H3,(H,27,32). The lowest BCUT2D eigenvalue weighted by atomic mass is 9.75. The zero-order chi connectivity index (χ0) is 22.5. The third-order valence-electron chi connectivity index (χ3n) is 7.37. The Morgan fingerprint density at radius 1 is 1.06 bits per heavy atom. The average molecular weight is 491 g/mol. The lowest BCUT2D eigenvalue weighted by Crippen LogP contribution is -2.54. The van der Waals surface area contributed by atoms with Crippen LogP contribution < -0.4 is 10.2 Å². The minimum atomic E-state index is -1.27. The topological polar surface area (TPSA) is 69.7 Å². The van der Waals surface area contributed by atoms with Crippen LogP contribution in [0.3, 0.4) is 0 Å². The molecule has 0 bridgehead atoms. The second-order valence-electron chi connectivity index (χ2n) is 8.88. The van der Waals surface area contributed by atoms with E-state index in [1.807, 2.05) is 13.0 Å². The van der Waals surface area contributed by atoms with Crippen LogP contribution in [0.15, 0.2) is 30.3 Å². The largest absolute Gasteiger partial charge is 0.323 e. The molecule has 3 saturated heterocycles. The first-order valence-corrected chi connectivity index (χ1v) is 11.6. The van der Waals surface area contributed by atoms with Crippen LogP contribution in [-0.4, -0.2) is 35.2 Å². The number of hydrogen-bond acceptors (Lipinski definition) is 4. The molecule has 3 amide bonds. The van der Waals surface area contributed by atoms with Crippen LogP contribution in [0.25, 0.3) is 0 Å². The van der Waals surface area contributed by atoms with E-state index in [1.165, 1.54) is 0 Å². The first kappa shape index (κ1) is 20.5. The van der Waals surface area contributed by atoms with E-state index in [2.05, 4.69) is 10.2 Å². The number of carbonyl (C=O) groups excluding carboxylic acids is 3. The summed E-state index contributed by atoms with van der Waals surface area (Å²) in [7, 11) is 0. The molecule has 0 radical (unpaired) electrons. The molecule has 4 heterocycles. The van der Waals surface area contributed by atoms with E-state index in [0.29, 0.717) is 22.8 Å². The van der Waals surface area contributed by atoms with Gasteiger partial charge in [-0.15, -0.1) is 0 Å². The maximum Gasteiger partial charge on any atom is 0.250 e. The monoisotopic (exact) mass is 489 g/mol. The molecule has 1 spiro atoms. The van der Waals surface area contributed by atoms with Crippen molar-refractivity contribution in [1.29, 1.82) is 0 Å². The van der Waals surface area contributed by atoms with Gasteiger partial charge >= 0.3 is 0 Å². The average Bonchev–Trinajstić information content (AvgIpc) is 3.44. The van der Waals surface area contributed by atoms with E-state index in [4.69, 9.17) is 34.8 Å². The van der Waals surface area contributed by atoms with Crippen LogP contribution in [0.2, 0.25) is 15.1 Å². The molecule has 1 N–H and O–H groups in total. The molecular formula is C23H18Cl3N3O3.